The third kappa shape index (κ3) is 2.91. The van der Waals surface area contributed by atoms with Crippen LogP contribution in [0.1, 0.15) is 11.1 Å². The van der Waals surface area contributed by atoms with Crippen LogP contribution >= 0.6 is 0 Å². The van der Waals surface area contributed by atoms with Gasteiger partial charge < -0.3 is 4.74 Å². The lowest BCUT2D eigenvalue weighted by Gasteiger charge is -2.13. The molecule has 0 aliphatic rings. The highest BCUT2D eigenvalue weighted by Gasteiger charge is 2.23. The fourth-order valence-corrected chi connectivity index (χ4v) is 4.78. The zero-order valence-corrected chi connectivity index (χ0v) is 18.8. The molecule has 6 aromatic rings. The molecule has 0 saturated carbocycles. The fourth-order valence-electron chi connectivity index (χ4n) is 4.78. The molecule has 0 saturated heterocycles. The van der Waals surface area contributed by atoms with Gasteiger partial charge in [-0.25, -0.2) is 9.97 Å². The van der Waals surface area contributed by atoms with Gasteiger partial charge in [0.2, 0.25) is 0 Å². The first-order valence-electron chi connectivity index (χ1n) is 11.1. The monoisotopic (exact) mass is 429 g/mol. The minimum atomic E-state index is 0.811. The number of benzene rings is 3. The highest BCUT2D eigenvalue weighted by Crippen LogP contribution is 2.40. The highest BCUT2D eigenvalue weighted by molar-refractivity contribution is 6.12. The second-order valence-corrected chi connectivity index (χ2v) is 8.38. The summed E-state index contributed by atoms with van der Waals surface area (Å²) in [4.78, 5) is 10.1. The minimum absolute atomic E-state index is 0.811. The van der Waals surface area contributed by atoms with Crippen molar-refractivity contribution >= 4 is 27.5 Å². The van der Waals surface area contributed by atoms with Crippen LogP contribution in [0, 0.1) is 13.8 Å². The summed E-state index contributed by atoms with van der Waals surface area (Å²) in [6, 6.07) is 27.2. The summed E-state index contributed by atoms with van der Waals surface area (Å²) < 4.78 is 7.80. The van der Waals surface area contributed by atoms with E-state index >= 15 is 0 Å². The number of imidazole rings is 1. The zero-order chi connectivity index (χ0) is 22.5. The van der Waals surface area contributed by atoms with E-state index in [1.165, 1.54) is 11.1 Å². The Balaban J connectivity index is 1.90. The molecule has 0 radical (unpaired) electrons. The van der Waals surface area contributed by atoms with Crippen molar-refractivity contribution in [1.29, 1.82) is 0 Å². The Morgan fingerprint density at radius 1 is 0.697 bits per heavy atom. The second kappa shape index (κ2) is 7.45. The summed E-state index contributed by atoms with van der Waals surface area (Å²) in [7, 11) is 1.70. The van der Waals surface area contributed by atoms with E-state index < -0.39 is 0 Å². The Hall–Kier alpha value is -4.18. The molecule has 0 spiro atoms. The molecule has 3 heterocycles. The Morgan fingerprint density at radius 2 is 1.42 bits per heavy atom. The maximum absolute atomic E-state index is 5.58. The van der Waals surface area contributed by atoms with Crippen LogP contribution in [-0.2, 0) is 0 Å². The van der Waals surface area contributed by atoms with Crippen LogP contribution < -0.4 is 4.74 Å². The molecule has 0 N–H and O–H groups in total. The van der Waals surface area contributed by atoms with Gasteiger partial charge in [0.05, 0.1) is 18.5 Å². The number of hydrogen-bond acceptors (Lipinski definition) is 3. The SMILES string of the molecule is COc1ccc2c3cccnc3n3c(-c4ccccc4C)c(-c4ccccc4C)nc3c2c1. The Kier molecular flexibility index (Phi) is 4.40. The average molecular weight is 430 g/mol. The predicted molar refractivity (Wildman–Crippen MR) is 135 cm³/mol. The number of rotatable bonds is 3. The third-order valence-electron chi connectivity index (χ3n) is 6.43. The van der Waals surface area contributed by atoms with Gasteiger partial charge >= 0.3 is 0 Å². The number of aromatic nitrogens is 3. The summed E-state index contributed by atoms with van der Waals surface area (Å²) in [6.45, 7) is 4.29. The molecule has 4 nitrogen and oxygen atoms in total. The Morgan fingerprint density at radius 3 is 2.15 bits per heavy atom. The molecule has 6 rings (SSSR count). The fraction of sp³-hybridized carbons (Fsp3) is 0.103. The van der Waals surface area contributed by atoms with Crippen molar-refractivity contribution in [1.82, 2.24) is 14.4 Å². The first-order valence-corrected chi connectivity index (χ1v) is 11.1. The Labute approximate surface area is 192 Å². The zero-order valence-electron chi connectivity index (χ0n) is 18.8. The smallest absolute Gasteiger partial charge is 0.147 e. The third-order valence-corrected chi connectivity index (χ3v) is 6.43. The normalized spacial score (nSPS) is 11.5. The lowest BCUT2D eigenvalue weighted by Crippen LogP contribution is -1.98. The molecule has 0 fully saturated rings. The van der Waals surface area contributed by atoms with Gasteiger partial charge in [0.1, 0.15) is 17.0 Å². The standard InChI is InChI=1S/C29H23N3O/c1-18-9-4-6-11-21(18)26-27(22-12-7-5-10-19(22)2)32-28-24(13-8-16-30-28)23-15-14-20(33-3)17-25(23)29(32)31-26/h4-17H,1-3H3. The maximum atomic E-state index is 5.58. The van der Waals surface area contributed by atoms with Crippen LogP contribution in [0.5, 0.6) is 5.75 Å². The van der Waals surface area contributed by atoms with Gasteiger partial charge in [0.15, 0.2) is 0 Å². The molecular formula is C29H23N3O. The lowest BCUT2D eigenvalue weighted by molar-refractivity contribution is 0.415. The molecule has 3 aromatic carbocycles. The lowest BCUT2D eigenvalue weighted by atomic mass is 9.98. The summed E-state index contributed by atoms with van der Waals surface area (Å²) in [5.41, 5.74) is 8.47. The summed E-state index contributed by atoms with van der Waals surface area (Å²) in [6.07, 6.45) is 1.85. The molecular weight excluding hydrogens is 406 g/mol. The number of aryl methyl sites for hydroxylation is 2. The number of methoxy groups -OCH3 is 1. The van der Waals surface area contributed by atoms with Crippen molar-refractivity contribution in [3.63, 3.8) is 0 Å². The van der Waals surface area contributed by atoms with Crippen LogP contribution in [0.4, 0.5) is 0 Å². The summed E-state index contributed by atoms with van der Waals surface area (Å²) in [5.74, 6) is 0.811. The average Bonchev–Trinajstić information content (AvgIpc) is 3.25. The van der Waals surface area contributed by atoms with Crippen LogP contribution in [-0.4, -0.2) is 21.5 Å². The van der Waals surface area contributed by atoms with E-state index in [-0.39, 0.29) is 0 Å². The number of nitrogens with zero attached hydrogens (tertiary/aromatic N) is 3. The van der Waals surface area contributed by atoms with E-state index in [0.29, 0.717) is 0 Å². The van der Waals surface area contributed by atoms with Crippen LogP contribution in [0.2, 0.25) is 0 Å². The van der Waals surface area contributed by atoms with Crippen molar-refractivity contribution < 1.29 is 4.74 Å². The van der Waals surface area contributed by atoms with E-state index in [2.05, 4.69) is 85.0 Å². The molecule has 160 valence electrons. The van der Waals surface area contributed by atoms with Gasteiger partial charge in [-0.05, 0) is 60.7 Å². The van der Waals surface area contributed by atoms with E-state index in [1.807, 2.05) is 18.3 Å². The largest absolute Gasteiger partial charge is 0.497 e. The molecule has 0 unspecified atom stereocenters. The topological polar surface area (TPSA) is 39.4 Å². The van der Waals surface area contributed by atoms with Crippen LogP contribution in [0.3, 0.4) is 0 Å². The van der Waals surface area contributed by atoms with Crippen LogP contribution in [0.25, 0.3) is 50.0 Å². The molecule has 3 aromatic heterocycles. The molecule has 4 heteroatoms. The summed E-state index contributed by atoms with van der Waals surface area (Å²) in [5, 5.41) is 3.25. The van der Waals surface area contributed by atoms with E-state index in [1.54, 1.807) is 7.11 Å². The van der Waals surface area contributed by atoms with Gasteiger partial charge in [0.25, 0.3) is 0 Å². The van der Waals surface area contributed by atoms with Gasteiger partial charge in [-0.1, -0.05) is 48.5 Å². The quantitative estimate of drug-likeness (QED) is 0.285. The first-order chi connectivity index (χ1) is 16.2. The molecule has 0 amide bonds. The van der Waals surface area contributed by atoms with E-state index in [4.69, 9.17) is 14.7 Å². The van der Waals surface area contributed by atoms with Crippen molar-refractivity contribution in [3.05, 3.63) is 96.2 Å². The van der Waals surface area contributed by atoms with Gasteiger partial charge in [-0.15, -0.1) is 0 Å². The van der Waals surface area contributed by atoms with Crippen molar-refractivity contribution in [2.45, 2.75) is 13.8 Å². The van der Waals surface area contributed by atoms with Gasteiger partial charge in [-0.2, -0.15) is 0 Å². The predicted octanol–water partition coefficient (Wildman–Crippen LogP) is 7.00. The molecule has 0 atom stereocenters. The molecule has 0 aliphatic heterocycles. The van der Waals surface area contributed by atoms with E-state index in [0.717, 1.165) is 55.7 Å². The summed E-state index contributed by atoms with van der Waals surface area (Å²) >= 11 is 0. The minimum Gasteiger partial charge on any atom is -0.497 e. The second-order valence-electron chi connectivity index (χ2n) is 8.38. The van der Waals surface area contributed by atoms with Crippen molar-refractivity contribution in [3.8, 4) is 28.3 Å². The van der Waals surface area contributed by atoms with E-state index in [9.17, 15) is 0 Å². The highest BCUT2D eigenvalue weighted by atomic mass is 16.5. The first kappa shape index (κ1) is 19.5. The molecule has 0 bridgehead atoms. The number of hydrogen-bond donors (Lipinski definition) is 0. The number of pyridine rings is 2. The number of fused-ring (bicyclic) bond motifs is 6. The molecule has 0 aliphatic carbocycles. The van der Waals surface area contributed by atoms with Crippen molar-refractivity contribution in [2.75, 3.05) is 7.11 Å². The van der Waals surface area contributed by atoms with Crippen molar-refractivity contribution in [2.24, 2.45) is 0 Å². The van der Waals surface area contributed by atoms with Gasteiger partial charge in [0, 0.05) is 28.1 Å². The maximum Gasteiger partial charge on any atom is 0.147 e. The molecule has 33 heavy (non-hydrogen) atoms. The van der Waals surface area contributed by atoms with Gasteiger partial charge in [-0.3, -0.25) is 4.40 Å². The van der Waals surface area contributed by atoms with Crippen LogP contribution in [0.15, 0.2) is 85.1 Å². The number of ether oxygens (including phenoxy) is 1. The Bertz CT molecular complexity index is 1680.